The summed E-state index contributed by atoms with van der Waals surface area (Å²) in [5.74, 6) is 7.21. The Kier molecular flexibility index (Phi) is 5.75. The van der Waals surface area contributed by atoms with E-state index < -0.39 is 0 Å². The molecule has 1 fully saturated rings. The first-order chi connectivity index (χ1) is 9.74. The van der Waals surface area contributed by atoms with Crippen molar-refractivity contribution in [3.8, 4) is 23.3 Å². The van der Waals surface area contributed by atoms with Gasteiger partial charge in [0.05, 0.1) is 11.1 Å². The summed E-state index contributed by atoms with van der Waals surface area (Å²) in [5, 5.41) is 3.50. The molecule has 3 nitrogen and oxygen atoms in total. The Balaban J connectivity index is 2.12. The highest BCUT2D eigenvalue weighted by Gasteiger charge is 2.20. The van der Waals surface area contributed by atoms with Crippen molar-refractivity contribution in [1.29, 1.82) is 0 Å². The van der Waals surface area contributed by atoms with Crippen LogP contribution in [0.4, 0.5) is 0 Å². The highest BCUT2D eigenvalue weighted by atomic mass is 79.9. The summed E-state index contributed by atoms with van der Waals surface area (Å²) in [6.45, 7) is 5.61. The third kappa shape index (κ3) is 4.43. The van der Waals surface area contributed by atoms with Crippen LogP contribution in [0.1, 0.15) is 32.3 Å². The normalized spacial score (nSPS) is 13.6. The van der Waals surface area contributed by atoms with Crippen molar-refractivity contribution in [3.05, 3.63) is 22.2 Å². The number of hydrogen-bond acceptors (Lipinski definition) is 3. The van der Waals surface area contributed by atoms with Gasteiger partial charge in [-0.15, -0.1) is 5.92 Å². The molecule has 4 heteroatoms. The van der Waals surface area contributed by atoms with Gasteiger partial charge in [-0.05, 0) is 60.3 Å². The molecule has 0 aromatic heterocycles. The number of ether oxygens (including phenoxy) is 2. The average molecular weight is 338 g/mol. The van der Waals surface area contributed by atoms with Crippen molar-refractivity contribution >= 4 is 15.9 Å². The maximum Gasteiger partial charge on any atom is 0.176 e. The van der Waals surface area contributed by atoms with E-state index in [-0.39, 0.29) is 0 Å². The lowest BCUT2D eigenvalue weighted by molar-refractivity contribution is 0.297. The van der Waals surface area contributed by atoms with Gasteiger partial charge in [0.2, 0.25) is 0 Å². The number of benzene rings is 1. The van der Waals surface area contributed by atoms with Crippen LogP contribution in [-0.4, -0.2) is 19.3 Å². The molecule has 1 aliphatic carbocycles. The zero-order valence-corrected chi connectivity index (χ0v) is 13.5. The first-order valence-electron chi connectivity index (χ1n) is 6.95. The molecule has 0 saturated heterocycles. The van der Waals surface area contributed by atoms with Gasteiger partial charge in [0.1, 0.15) is 6.61 Å². The predicted molar refractivity (Wildman–Crippen MR) is 84.1 cm³/mol. The van der Waals surface area contributed by atoms with E-state index in [1.54, 1.807) is 6.92 Å². The Labute approximate surface area is 129 Å². The molecule has 0 spiro atoms. The van der Waals surface area contributed by atoms with Crippen LogP contribution in [0.15, 0.2) is 16.6 Å². The second-order valence-electron chi connectivity index (χ2n) is 4.71. The fraction of sp³-hybridized carbons (Fsp3) is 0.500. The van der Waals surface area contributed by atoms with E-state index in [1.165, 1.54) is 18.4 Å². The molecular weight excluding hydrogens is 318 g/mol. The molecule has 1 aromatic rings. The second-order valence-corrected chi connectivity index (χ2v) is 5.56. The maximum atomic E-state index is 5.69. The average Bonchev–Trinajstić information content (AvgIpc) is 3.24. The van der Waals surface area contributed by atoms with Gasteiger partial charge in [-0.25, -0.2) is 0 Å². The van der Waals surface area contributed by atoms with Crippen LogP contribution in [0.5, 0.6) is 11.5 Å². The van der Waals surface area contributed by atoms with E-state index in [0.29, 0.717) is 19.3 Å². The number of nitrogens with one attached hydrogen (secondary N) is 1. The Hall–Kier alpha value is -1.18. The maximum absolute atomic E-state index is 5.69. The van der Waals surface area contributed by atoms with E-state index in [0.717, 1.165) is 22.5 Å². The largest absolute Gasteiger partial charge is 0.490 e. The van der Waals surface area contributed by atoms with E-state index in [1.807, 2.05) is 13.0 Å². The van der Waals surface area contributed by atoms with Gasteiger partial charge in [0, 0.05) is 12.6 Å². The summed E-state index contributed by atoms with van der Waals surface area (Å²) in [4.78, 5) is 0. The van der Waals surface area contributed by atoms with E-state index in [9.17, 15) is 0 Å². The van der Waals surface area contributed by atoms with Crippen molar-refractivity contribution in [2.75, 3.05) is 13.2 Å². The van der Waals surface area contributed by atoms with Crippen molar-refractivity contribution in [2.45, 2.75) is 39.3 Å². The Morgan fingerprint density at radius 2 is 2.15 bits per heavy atom. The van der Waals surface area contributed by atoms with Crippen molar-refractivity contribution in [2.24, 2.45) is 0 Å². The molecule has 1 N–H and O–H groups in total. The Morgan fingerprint density at radius 3 is 2.80 bits per heavy atom. The highest BCUT2D eigenvalue weighted by molar-refractivity contribution is 9.10. The predicted octanol–water partition coefficient (Wildman–Crippen LogP) is 3.50. The first kappa shape index (κ1) is 15.2. The molecule has 0 unspecified atom stereocenters. The molecule has 1 aliphatic rings. The quantitative estimate of drug-likeness (QED) is 0.772. The van der Waals surface area contributed by atoms with Crippen LogP contribution in [0.25, 0.3) is 0 Å². The summed E-state index contributed by atoms with van der Waals surface area (Å²) in [7, 11) is 0. The summed E-state index contributed by atoms with van der Waals surface area (Å²) < 4.78 is 12.3. The van der Waals surface area contributed by atoms with Gasteiger partial charge < -0.3 is 14.8 Å². The van der Waals surface area contributed by atoms with E-state index in [4.69, 9.17) is 9.47 Å². The Morgan fingerprint density at radius 1 is 1.35 bits per heavy atom. The van der Waals surface area contributed by atoms with Crippen LogP contribution in [0.2, 0.25) is 0 Å². The Bertz CT molecular complexity index is 515. The van der Waals surface area contributed by atoms with Crippen molar-refractivity contribution in [3.63, 3.8) is 0 Å². The minimum atomic E-state index is 0.370. The SMILES string of the molecule is CC#CCOc1c(Br)cc(CNC2CC2)cc1OCC. The molecule has 0 heterocycles. The van der Waals surface area contributed by atoms with Gasteiger partial charge >= 0.3 is 0 Å². The second kappa shape index (κ2) is 7.56. The van der Waals surface area contributed by atoms with Gasteiger partial charge in [-0.1, -0.05) is 5.92 Å². The minimum absolute atomic E-state index is 0.370. The molecule has 1 saturated carbocycles. The monoisotopic (exact) mass is 337 g/mol. The molecule has 0 radical (unpaired) electrons. The number of halogens is 1. The fourth-order valence-corrected chi connectivity index (χ4v) is 2.46. The van der Waals surface area contributed by atoms with E-state index >= 15 is 0 Å². The van der Waals surface area contributed by atoms with Gasteiger partial charge in [0.15, 0.2) is 11.5 Å². The van der Waals surface area contributed by atoms with E-state index in [2.05, 4.69) is 39.2 Å². The summed E-state index contributed by atoms with van der Waals surface area (Å²) in [5.41, 5.74) is 1.20. The molecule has 2 rings (SSSR count). The van der Waals surface area contributed by atoms with Crippen LogP contribution in [0, 0.1) is 11.8 Å². The molecule has 0 atom stereocenters. The van der Waals surface area contributed by atoms with Crippen LogP contribution in [-0.2, 0) is 6.54 Å². The summed E-state index contributed by atoms with van der Waals surface area (Å²) in [6, 6.07) is 4.81. The lowest BCUT2D eigenvalue weighted by Crippen LogP contribution is -2.15. The molecule has 0 aliphatic heterocycles. The smallest absolute Gasteiger partial charge is 0.176 e. The van der Waals surface area contributed by atoms with Crippen LogP contribution in [0.3, 0.4) is 0 Å². The van der Waals surface area contributed by atoms with Gasteiger partial charge in [-0.2, -0.15) is 0 Å². The molecule has 0 amide bonds. The standard InChI is InChI=1S/C16H20BrNO2/c1-3-5-8-20-16-14(17)9-12(10-15(16)19-4-2)11-18-13-6-7-13/h9-10,13,18H,4,6-8,11H2,1-2H3. The fourth-order valence-electron chi connectivity index (χ4n) is 1.86. The topological polar surface area (TPSA) is 30.5 Å². The molecule has 20 heavy (non-hydrogen) atoms. The van der Waals surface area contributed by atoms with Crippen molar-refractivity contribution in [1.82, 2.24) is 5.32 Å². The molecule has 1 aromatic carbocycles. The third-order valence-electron chi connectivity index (χ3n) is 3.01. The molecular formula is C16H20BrNO2. The summed E-state index contributed by atoms with van der Waals surface area (Å²) in [6.07, 6.45) is 2.58. The van der Waals surface area contributed by atoms with Crippen LogP contribution >= 0.6 is 15.9 Å². The summed E-state index contributed by atoms with van der Waals surface area (Å²) >= 11 is 3.56. The minimum Gasteiger partial charge on any atom is -0.490 e. The molecule has 0 bridgehead atoms. The lowest BCUT2D eigenvalue weighted by Gasteiger charge is -2.14. The van der Waals surface area contributed by atoms with Crippen molar-refractivity contribution < 1.29 is 9.47 Å². The zero-order valence-electron chi connectivity index (χ0n) is 12.0. The number of hydrogen-bond donors (Lipinski definition) is 1. The first-order valence-corrected chi connectivity index (χ1v) is 7.75. The lowest BCUT2D eigenvalue weighted by atomic mass is 10.2. The van der Waals surface area contributed by atoms with Gasteiger partial charge in [0.25, 0.3) is 0 Å². The molecule has 108 valence electrons. The van der Waals surface area contributed by atoms with Crippen LogP contribution < -0.4 is 14.8 Å². The highest BCUT2D eigenvalue weighted by Crippen LogP contribution is 2.37. The van der Waals surface area contributed by atoms with Gasteiger partial charge in [-0.3, -0.25) is 0 Å². The number of rotatable bonds is 7. The third-order valence-corrected chi connectivity index (χ3v) is 3.60. The zero-order chi connectivity index (χ0) is 14.4.